The van der Waals surface area contributed by atoms with Gasteiger partial charge in [-0.15, -0.1) is 0 Å². The fourth-order valence-corrected chi connectivity index (χ4v) is 5.29. The monoisotopic (exact) mass is 746 g/mol. The smallest absolute Gasteiger partial charge is 0.408 e. The molecule has 0 aliphatic carbocycles. The number of Topliss-reactive ketones (excluding diaryl/α,β-unsaturated/α-hetero) is 2. The summed E-state index contributed by atoms with van der Waals surface area (Å²) in [5, 5.41) is 5.26. The highest BCUT2D eigenvalue weighted by molar-refractivity contribution is 5.87. The van der Waals surface area contributed by atoms with Crippen LogP contribution in [0.3, 0.4) is 0 Å². The molecule has 2 N–H and O–H groups in total. The summed E-state index contributed by atoms with van der Waals surface area (Å²) in [5.74, 6) is -2.73. The van der Waals surface area contributed by atoms with Crippen molar-refractivity contribution in [1.82, 2.24) is 10.6 Å². The molecule has 0 fully saturated rings. The van der Waals surface area contributed by atoms with Crippen LogP contribution in [-0.2, 0) is 46.4 Å². The number of benzene rings is 2. The fourth-order valence-electron chi connectivity index (χ4n) is 5.29. The summed E-state index contributed by atoms with van der Waals surface area (Å²) in [4.78, 5) is 64.4. The minimum Gasteiger partial charge on any atom is -0.452 e. The number of esters is 1. The SMILES string of the molecule is CC(=O)O[C@H](C(=O)CCC(C)(C)CCC(=O)CC(Cc1cc(F)ccc1F)NC(=O)OC(C)(C)C)[C@@H](COCc1ccccc1)NC(=O)OC(C)(C)C. The number of hydrogen-bond acceptors (Lipinski definition) is 9. The van der Waals surface area contributed by atoms with Crippen molar-refractivity contribution in [3.05, 3.63) is 71.3 Å². The standard InChI is InChI=1S/C40H56F2N2O9/c1-26(45)51-35(33(44-37(49)53-39(5,6)7)25-50-24-27-13-11-10-12-14-27)34(47)18-20-40(8,9)19-17-31(46)23-30(43-36(48)52-38(2,3)4)22-28-21-29(41)15-16-32(28)42/h10-16,21,30,33,35H,17-20,22-25H2,1-9H3,(H,43,48)(H,44,49)/t30?,33-,35+/m1/s1. The van der Waals surface area contributed by atoms with E-state index in [9.17, 15) is 32.8 Å². The largest absolute Gasteiger partial charge is 0.452 e. The number of ketones is 2. The number of carbonyl (C=O) groups excluding carboxylic acids is 5. The summed E-state index contributed by atoms with van der Waals surface area (Å²) >= 11 is 0. The van der Waals surface area contributed by atoms with Gasteiger partial charge in [0.25, 0.3) is 0 Å². The summed E-state index contributed by atoms with van der Waals surface area (Å²) in [5.41, 5.74) is -1.33. The molecule has 0 aliphatic rings. The molecule has 0 radical (unpaired) electrons. The first kappa shape index (κ1) is 44.8. The van der Waals surface area contributed by atoms with Crippen LogP contribution in [0, 0.1) is 17.0 Å². The Bertz CT molecular complexity index is 1530. The lowest BCUT2D eigenvalue weighted by Gasteiger charge is -2.30. The van der Waals surface area contributed by atoms with E-state index >= 15 is 0 Å². The zero-order valence-corrected chi connectivity index (χ0v) is 32.4. The predicted octanol–water partition coefficient (Wildman–Crippen LogP) is 7.56. The highest BCUT2D eigenvalue weighted by atomic mass is 19.1. The van der Waals surface area contributed by atoms with Gasteiger partial charge in [-0.1, -0.05) is 44.2 Å². The second-order valence-corrected chi connectivity index (χ2v) is 15.9. The lowest BCUT2D eigenvalue weighted by Crippen LogP contribution is -2.52. The van der Waals surface area contributed by atoms with E-state index in [0.717, 1.165) is 23.8 Å². The van der Waals surface area contributed by atoms with Gasteiger partial charge in [0.15, 0.2) is 11.9 Å². The molecule has 0 saturated heterocycles. The molecular weight excluding hydrogens is 690 g/mol. The Morgan fingerprint density at radius 3 is 1.94 bits per heavy atom. The molecule has 11 nitrogen and oxygen atoms in total. The third-order valence-corrected chi connectivity index (χ3v) is 7.88. The van der Waals surface area contributed by atoms with E-state index in [1.54, 1.807) is 41.5 Å². The van der Waals surface area contributed by atoms with Gasteiger partial charge in [-0.25, -0.2) is 18.4 Å². The van der Waals surface area contributed by atoms with E-state index in [1.807, 2.05) is 44.2 Å². The molecule has 0 saturated carbocycles. The van der Waals surface area contributed by atoms with Crippen molar-refractivity contribution >= 4 is 29.7 Å². The average Bonchev–Trinajstić information content (AvgIpc) is 3.01. The van der Waals surface area contributed by atoms with Crippen molar-refractivity contribution in [2.24, 2.45) is 5.41 Å². The van der Waals surface area contributed by atoms with E-state index < -0.39 is 70.4 Å². The van der Waals surface area contributed by atoms with Crippen molar-refractivity contribution < 1.29 is 51.7 Å². The normalized spacial score (nSPS) is 13.6. The third-order valence-electron chi connectivity index (χ3n) is 7.88. The first-order valence-electron chi connectivity index (χ1n) is 17.8. The maximum atomic E-state index is 14.5. The summed E-state index contributed by atoms with van der Waals surface area (Å²) in [6, 6.07) is 10.3. The molecule has 13 heteroatoms. The van der Waals surface area contributed by atoms with Crippen molar-refractivity contribution in [3.63, 3.8) is 0 Å². The van der Waals surface area contributed by atoms with Crippen LogP contribution in [0.5, 0.6) is 0 Å². The highest BCUT2D eigenvalue weighted by Crippen LogP contribution is 2.30. The number of carbonyl (C=O) groups is 5. The van der Waals surface area contributed by atoms with Crippen LogP contribution in [0.15, 0.2) is 48.5 Å². The third kappa shape index (κ3) is 18.8. The Morgan fingerprint density at radius 2 is 1.36 bits per heavy atom. The molecule has 0 aromatic heterocycles. The van der Waals surface area contributed by atoms with E-state index in [4.69, 9.17) is 18.9 Å². The topological polar surface area (TPSA) is 146 Å². The van der Waals surface area contributed by atoms with E-state index in [1.165, 1.54) is 6.92 Å². The van der Waals surface area contributed by atoms with Crippen LogP contribution >= 0.6 is 0 Å². The van der Waals surface area contributed by atoms with Gasteiger partial charge in [-0.05, 0) is 95.5 Å². The zero-order valence-electron chi connectivity index (χ0n) is 32.4. The molecule has 0 aliphatic heterocycles. The van der Waals surface area contributed by atoms with E-state index in [2.05, 4.69) is 10.6 Å². The van der Waals surface area contributed by atoms with E-state index in [-0.39, 0.29) is 50.2 Å². The summed E-state index contributed by atoms with van der Waals surface area (Å²) in [7, 11) is 0. The van der Waals surface area contributed by atoms with Crippen molar-refractivity contribution in [1.29, 1.82) is 0 Å². The number of amides is 2. The fraction of sp³-hybridized carbons (Fsp3) is 0.575. The number of alkyl carbamates (subject to hydrolysis) is 2. The molecule has 2 aromatic carbocycles. The number of hydrogen-bond donors (Lipinski definition) is 2. The molecule has 0 heterocycles. The van der Waals surface area contributed by atoms with Crippen LogP contribution in [0.1, 0.15) is 106 Å². The Labute approximate surface area is 311 Å². The lowest BCUT2D eigenvalue weighted by molar-refractivity contribution is -0.156. The second-order valence-electron chi connectivity index (χ2n) is 15.9. The van der Waals surface area contributed by atoms with Gasteiger partial charge in [-0.3, -0.25) is 14.4 Å². The maximum absolute atomic E-state index is 14.5. The van der Waals surface area contributed by atoms with Gasteiger partial charge in [0, 0.05) is 32.2 Å². The molecule has 0 spiro atoms. The zero-order chi connectivity index (χ0) is 40.0. The van der Waals surface area contributed by atoms with Gasteiger partial charge >= 0.3 is 18.2 Å². The van der Waals surface area contributed by atoms with Crippen LogP contribution in [-0.4, -0.2) is 65.7 Å². The molecule has 0 bridgehead atoms. The molecule has 53 heavy (non-hydrogen) atoms. The number of nitrogens with one attached hydrogen (secondary N) is 2. The first-order chi connectivity index (χ1) is 24.5. The molecule has 2 aromatic rings. The molecule has 1 unspecified atom stereocenters. The van der Waals surface area contributed by atoms with Crippen molar-refractivity contribution in [2.45, 2.75) is 137 Å². The molecule has 294 valence electrons. The van der Waals surface area contributed by atoms with Gasteiger partial charge in [0.1, 0.15) is 28.6 Å². The Hall–Kier alpha value is -4.39. The second kappa shape index (κ2) is 20.2. The van der Waals surface area contributed by atoms with Crippen LogP contribution < -0.4 is 10.6 Å². The average molecular weight is 747 g/mol. The molecule has 2 rings (SSSR count). The minimum absolute atomic E-state index is 0.00460. The summed E-state index contributed by atoms with van der Waals surface area (Å²) in [6.07, 6.45) is -2.62. The quantitative estimate of drug-likeness (QED) is 0.110. The molecule has 3 atom stereocenters. The minimum atomic E-state index is -1.38. The maximum Gasteiger partial charge on any atom is 0.408 e. The van der Waals surface area contributed by atoms with Gasteiger partial charge in [0.05, 0.1) is 19.3 Å². The summed E-state index contributed by atoms with van der Waals surface area (Å²) < 4.78 is 50.4. The van der Waals surface area contributed by atoms with E-state index in [0.29, 0.717) is 12.8 Å². The Kier molecular flexibility index (Phi) is 17.0. The first-order valence-corrected chi connectivity index (χ1v) is 17.8. The van der Waals surface area contributed by atoms with Gasteiger partial charge in [-0.2, -0.15) is 0 Å². The Morgan fingerprint density at radius 1 is 0.774 bits per heavy atom. The van der Waals surface area contributed by atoms with Crippen LogP contribution in [0.2, 0.25) is 0 Å². The molecule has 2 amide bonds. The Balaban J connectivity index is 2.12. The van der Waals surface area contributed by atoms with Crippen molar-refractivity contribution in [2.75, 3.05) is 6.61 Å². The highest BCUT2D eigenvalue weighted by Gasteiger charge is 2.35. The van der Waals surface area contributed by atoms with Gasteiger partial charge < -0.3 is 29.6 Å². The van der Waals surface area contributed by atoms with Crippen LogP contribution in [0.25, 0.3) is 0 Å². The number of halogens is 2. The van der Waals surface area contributed by atoms with Gasteiger partial charge in [0.2, 0.25) is 0 Å². The van der Waals surface area contributed by atoms with Crippen molar-refractivity contribution in [3.8, 4) is 0 Å². The summed E-state index contributed by atoms with van der Waals surface area (Å²) in [6.45, 7) is 15.1. The lowest BCUT2D eigenvalue weighted by atomic mass is 9.81. The van der Waals surface area contributed by atoms with Crippen LogP contribution in [0.4, 0.5) is 18.4 Å². The predicted molar refractivity (Wildman–Crippen MR) is 195 cm³/mol. The molecular formula is C40H56F2N2O9. The number of ether oxygens (including phenoxy) is 4. The number of rotatable bonds is 19.